The van der Waals surface area contributed by atoms with Crippen molar-refractivity contribution in [3.05, 3.63) is 60.3 Å². The van der Waals surface area contributed by atoms with Crippen molar-refractivity contribution in [3.8, 4) is 22.4 Å². The Morgan fingerprint density at radius 1 is 1.04 bits per heavy atom. The molecule has 3 rings (SSSR count). The van der Waals surface area contributed by atoms with Gasteiger partial charge in [-0.2, -0.15) is 5.10 Å². The largest absolute Gasteiger partial charge is 0.465 e. The minimum absolute atomic E-state index is 0.0508. The second kappa shape index (κ2) is 7.98. The Bertz CT molecular complexity index is 1100. The lowest BCUT2D eigenvalue weighted by atomic mass is 10.0. The molecular weight excluding hydrogens is 376 g/mol. The first kappa shape index (κ1) is 19.8. The molecule has 1 aromatic heterocycles. The molecule has 0 radical (unpaired) electrons. The van der Waals surface area contributed by atoms with Crippen LogP contribution in [-0.2, 0) is 25.9 Å². The molecular formula is C21H22N2O4S. The summed E-state index contributed by atoms with van der Waals surface area (Å²) in [5.41, 5.74) is 4.27. The molecule has 0 saturated carbocycles. The highest BCUT2D eigenvalue weighted by Gasteiger charge is 2.13. The number of hydrogen-bond acceptors (Lipinski definition) is 5. The molecule has 0 fully saturated rings. The summed E-state index contributed by atoms with van der Waals surface area (Å²) in [5, 5.41) is 4.38. The molecule has 0 saturated heterocycles. The third-order valence-corrected chi connectivity index (χ3v) is 5.37. The number of aromatic nitrogens is 2. The van der Waals surface area contributed by atoms with Crippen molar-refractivity contribution in [1.82, 2.24) is 9.78 Å². The van der Waals surface area contributed by atoms with Gasteiger partial charge in [-0.3, -0.25) is 9.48 Å². The van der Waals surface area contributed by atoms with Crippen molar-refractivity contribution in [2.75, 3.05) is 12.9 Å². The van der Waals surface area contributed by atoms with E-state index in [0.717, 1.165) is 28.1 Å². The fraction of sp³-hybridized carbons (Fsp3) is 0.238. The van der Waals surface area contributed by atoms with Gasteiger partial charge in [0.25, 0.3) is 0 Å². The molecule has 7 heteroatoms. The molecule has 0 spiro atoms. The summed E-state index contributed by atoms with van der Waals surface area (Å²) in [7, 11) is -3.26. The van der Waals surface area contributed by atoms with E-state index in [2.05, 4.69) is 5.10 Å². The van der Waals surface area contributed by atoms with E-state index < -0.39 is 9.84 Å². The van der Waals surface area contributed by atoms with Crippen LogP contribution in [0.2, 0.25) is 0 Å². The molecule has 0 atom stereocenters. The first-order chi connectivity index (χ1) is 13.3. The summed E-state index contributed by atoms with van der Waals surface area (Å²) in [6, 6.07) is 16.5. The zero-order chi connectivity index (χ0) is 20.3. The SMILES string of the molecule is CCOC(=O)Cn1nc(C)cc1-c1ccc(-c2cccc(S(C)(=O)=O)c2)cc1. The first-order valence-electron chi connectivity index (χ1n) is 8.89. The van der Waals surface area contributed by atoms with Crippen molar-refractivity contribution >= 4 is 15.8 Å². The van der Waals surface area contributed by atoms with Gasteiger partial charge >= 0.3 is 5.97 Å². The molecule has 0 aliphatic rings. The maximum atomic E-state index is 11.8. The number of carbonyl (C=O) groups excluding carboxylic acids is 1. The van der Waals surface area contributed by atoms with Gasteiger partial charge in [0, 0.05) is 6.26 Å². The van der Waals surface area contributed by atoms with Gasteiger partial charge in [0.1, 0.15) is 6.54 Å². The Morgan fingerprint density at radius 3 is 2.36 bits per heavy atom. The van der Waals surface area contributed by atoms with E-state index in [1.807, 2.05) is 43.3 Å². The number of hydrogen-bond donors (Lipinski definition) is 0. The van der Waals surface area contributed by atoms with Gasteiger partial charge in [-0.15, -0.1) is 0 Å². The fourth-order valence-corrected chi connectivity index (χ4v) is 3.63. The smallest absolute Gasteiger partial charge is 0.327 e. The van der Waals surface area contributed by atoms with Gasteiger partial charge in [0.15, 0.2) is 9.84 Å². The molecule has 0 unspecified atom stereocenters. The molecule has 0 bridgehead atoms. The van der Waals surface area contributed by atoms with Crippen LogP contribution >= 0.6 is 0 Å². The Hall–Kier alpha value is -2.93. The first-order valence-corrected chi connectivity index (χ1v) is 10.8. The third-order valence-electron chi connectivity index (χ3n) is 4.26. The average molecular weight is 398 g/mol. The maximum Gasteiger partial charge on any atom is 0.327 e. The van der Waals surface area contributed by atoms with Gasteiger partial charge in [-0.05, 0) is 48.7 Å². The Balaban J connectivity index is 1.91. The molecule has 6 nitrogen and oxygen atoms in total. The number of nitrogens with zero attached hydrogens (tertiary/aromatic N) is 2. The van der Waals surface area contributed by atoms with E-state index in [4.69, 9.17) is 4.74 Å². The quantitative estimate of drug-likeness (QED) is 0.594. The Labute approximate surface area is 164 Å². The molecule has 0 aliphatic heterocycles. The normalized spacial score (nSPS) is 11.4. The molecule has 0 N–H and O–H groups in total. The maximum absolute atomic E-state index is 11.8. The summed E-state index contributed by atoms with van der Waals surface area (Å²) in [4.78, 5) is 12.1. The number of aryl methyl sites for hydroxylation is 1. The minimum Gasteiger partial charge on any atom is -0.465 e. The van der Waals surface area contributed by atoms with E-state index in [9.17, 15) is 13.2 Å². The average Bonchev–Trinajstić information content (AvgIpc) is 3.01. The monoisotopic (exact) mass is 398 g/mol. The van der Waals surface area contributed by atoms with Crippen LogP contribution in [-0.4, -0.2) is 37.0 Å². The predicted molar refractivity (Wildman–Crippen MR) is 108 cm³/mol. The molecule has 2 aromatic carbocycles. The highest BCUT2D eigenvalue weighted by molar-refractivity contribution is 7.90. The lowest BCUT2D eigenvalue weighted by molar-refractivity contribution is -0.144. The van der Waals surface area contributed by atoms with Crippen molar-refractivity contribution < 1.29 is 17.9 Å². The topological polar surface area (TPSA) is 78.3 Å². The van der Waals surface area contributed by atoms with Crippen LogP contribution in [0.4, 0.5) is 0 Å². The molecule has 0 aliphatic carbocycles. The number of carbonyl (C=O) groups is 1. The Morgan fingerprint density at radius 2 is 1.71 bits per heavy atom. The Kier molecular flexibility index (Phi) is 5.65. The van der Waals surface area contributed by atoms with Crippen LogP contribution in [0.3, 0.4) is 0 Å². The third kappa shape index (κ3) is 4.48. The molecule has 28 heavy (non-hydrogen) atoms. The highest BCUT2D eigenvalue weighted by Crippen LogP contribution is 2.27. The number of sulfone groups is 1. The van der Waals surface area contributed by atoms with E-state index in [1.54, 1.807) is 29.8 Å². The number of rotatable bonds is 6. The van der Waals surface area contributed by atoms with Gasteiger partial charge in [-0.1, -0.05) is 36.4 Å². The van der Waals surface area contributed by atoms with Crippen molar-refractivity contribution in [1.29, 1.82) is 0 Å². The van der Waals surface area contributed by atoms with Gasteiger partial charge < -0.3 is 4.74 Å². The van der Waals surface area contributed by atoms with E-state index in [1.165, 1.54) is 6.26 Å². The van der Waals surface area contributed by atoms with Crippen LogP contribution in [0.1, 0.15) is 12.6 Å². The standard InChI is InChI=1S/C21H22N2O4S/c1-4-27-21(24)14-23-20(12-15(2)22-23)17-10-8-16(9-11-17)18-6-5-7-19(13-18)28(3,25)26/h5-13H,4,14H2,1-3H3. The van der Waals surface area contributed by atoms with Crippen LogP contribution < -0.4 is 0 Å². The van der Waals surface area contributed by atoms with Gasteiger partial charge in [0.2, 0.25) is 0 Å². The van der Waals surface area contributed by atoms with Gasteiger partial charge in [-0.25, -0.2) is 8.42 Å². The molecule has 1 heterocycles. The van der Waals surface area contributed by atoms with Crippen LogP contribution in [0.5, 0.6) is 0 Å². The zero-order valence-corrected chi connectivity index (χ0v) is 16.9. The number of benzene rings is 2. The highest BCUT2D eigenvalue weighted by atomic mass is 32.2. The zero-order valence-electron chi connectivity index (χ0n) is 16.0. The molecule has 3 aromatic rings. The summed E-state index contributed by atoms with van der Waals surface area (Å²) >= 11 is 0. The summed E-state index contributed by atoms with van der Waals surface area (Å²) < 4.78 is 30.2. The number of esters is 1. The second-order valence-corrected chi connectivity index (χ2v) is 8.53. The van der Waals surface area contributed by atoms with Crippen LogP contribution in [0.15, 0.2) is 59.5 Å². The second-order valence-electron chi connectivity index (χ2n) is 6.51. The van der Waals surface area contributed by atoms with E-state index in [0.29, 0.717) is 6.61 Å². The van der Waals surface area contributed by atoms with Crippen LogP contribution in [0.25, 0.3) is 22.4 Å². The number of ether oxygens (including phenoxy) is 1. The summed E-state index contributed by atoms with van der Waals surface area (Å²) in [6.07, 6.45) is 1.20. The van der Waals surface area contributed by atoms with E-state index in [-0.39, 0.29) is 17.4 Å². The fourth-order valence-electron chi connectivity index (χ4n) is 2.97. The molecule has 0 amide bonds. The van der Waals surface area contributed by atoms with Crippen molar-refractivity contribution in [3.63, 3.8) is 0 Å². The lowest BCUT2D eigenvalue weighted by Gasteiger charge is -2.09. The van der Waals surface area contributed by atoms with Crippen LogP contribution in [0, 0.1) is 6.92 Å². The molecule has 146 valence electrons. The lowest BCUT2D eigenvalue weighted by Crippen LogP contribution is -2.15. The van der Waals surface area contributed by atoms with E-state index >= 15 is 0 Å². The predicted octanol–water partition coefficient (Wildman–Crippen LogP) is 3.49. The van der Waals surface area contributed by atoms with Crippen molar-refractivity contribution in [2.24, 2.45) is 0 Å². The summed E-state index contributed by atoms with van der Waals surface area (Å²) in [5.74, 6) is -0.332. The van der Waals surface area contributed by atoms with Crippen molar-refractivity contribution in [2.45, 2.75) is 25.3 Å². The minimum atomic E-state index is -3.26. The summed E-state index contributed by atoms with van der Waals surface area (Å²) in [6.45, 7) is 4.02. The van der Waals surface area contributed by atoms with Gasteiger partial charge in [0.05, 0.1) is 22.9 Å².